The van der Waals surface area contributed by atoms with Gasteiger partial charge in [-0.05, 0) is 32.4 Å². The topological polar surface area (TPSA) is 63.7 Å². The van der Waals surface area contributed by atoms with Gasteiger partial charge in [0.1, 0.15) is 0 Å². The Morgan fingerprint density at radius 3 is 2.48 bits per heavy atom. The van der Waals surface area contributed by atoms with Crippen LogP contribution < -0.4 is 5.32 Å². The van der Waals surface area contributed by atoms with Crippen LogP contribution >= 0.6 is 0 Å². The summed E-state index contributed by atoms with van der Waals surface area (Å²) in [6.45, 7) is 10.3. The molecule has 0 aromatic carbocycles. The average Bonchev–Trinajstić information content (AvgIpc) is 2.70. The Morgan fingerprint density at radius 1 is 1.07 bits per heavy atom. The Balaban J connectivity index is 1.38. The van der Waals surface area contributed by atoms with Gasteiger partial charge in [-0.2, -0.15) is 0 Å². The number of hydrogen-bond acceptors (Lipinski definition) is 5. The molecule has 3 rings (SSSR count). The van der Waals surface area contributed by atoms with E-state index in [0.29, 0.717) is 25.7 Å². The molecule has 3 heterocycles. The molecule has 8 heteroatoms. The number of aliphatic imine (C=N–C) groups is 1. The molecule has 1 atom stereocenters. The first-order valence-electron chi connectivity index (χ1n) is 10.4. The number of carbonyl (C=O) groups excluding carboxylic acids is 1. The standard InChI is InChI=1S/C19H36N6O2/c1-20-19(21-14-17-4-3-5-22(2)15-17)25-8-6-23(7-9-25)16-18(26)24-10-12-27-13-11-24/h17H,3-16H2,1-2H3,(H,20,21). The van der Waals surface area contributed by atoms with Crippen molar-refractivity contribution >= 4 is 11.9 Å². The van der Waals surface area contributed by atoms with Crippen LogP contribution in [0.1, 0.15) is 12.8 Å². The van der Waals surface area contributed by atoms with Crippen LogP contribution in [-0.4, -0.2) is 124 Å². The number of nitrogens with zero attached hydrogens (tertiary/aromatic N) is 5. The maximum Gasteiger partial charge on any atom is 0.236 e. The molecule has 3 aliphatic heterocycles. The van der Waals surface area contributed by atoms with Crippen molar-refractivity contribution < 1.29 is 9.53 Å². The van der Waals surface area contributed by atoms with Gasteiger partial charge in [-0.1, -0.05) is 0 Å². The van der Waals surface area contributed by atoms with Crippen LogP contribution in [0.25, 0.3) is 0 Å². The van der Waals surface area contributed by atoms with E-state index in [1.54, 1.807) is 0 Å². The lowest BCUT2D eigenvalue weighted by Crippen LogP contribution is -2.55. The van der Waals surface area contributed by atoms with Gasteiger partial charge >= 0.3 is 0 Å². The third kappa shape index (κ3) is 6.05. The predicted molar refractivity (Wildman–Crippen MR) is 107 cm³/mol. The van der Waals surface area contributed by atoms with E-state index in [9.17, 15) is 4.79 Å². The molecule has 0 saturated carbocycles. The van der Waals surface area contributed by atoms with E-state index < -0.39 is 0 Å². The molecule has 1 N–H and O–H groups in total. The molecule has 0 aromatic heterocycles. The van der Waals surface area contributed by atoms with Gasteiger partial charge in [0.15, 0.2) is 5.96 Å². The number of carbonyl (C=O) groups is 1. The molecule has 0 radical (unpaired) electrons. The number of likely N-dealkylation sites (tertiary alicyclic amines) is 1. The lowest BCUT2D eigenvalue weighted by atomic mass is 9.98. The molecule has 0 aliphatic carbocycles. The predicted octanol–water partition coefficient (Wildman–Crippen LogP) is -0.620. The molecule has 0 aromatic rings. The monoisotopic (exact) mass is 380 g/mol. The second kappa shape index (κ2) is 10.2. The van der Waals surface area contributed by atoms with E-state index >= 15 is 0 Å². The van der Waals surface area contributed by atoms with E-state index in [0.717, 1.165) is 51.8 Å². The van der Waals surface area contributed by atoms with E-state index in [1.807, 2.05) is 11.9 Å². The van der Waals surface area contributed by atoms with Crippen LogP contribution in [0.3, 0.4) is 0 Å². The highest BCUT2D eigenvalue weighted by Gasteiger charge is 2.25. The summed E-state index contributed by atoms with van der Waals surface area (Å²) >= 11 is 0. The number of piperazine rings is 1. The number of piperidine rings is 1. The zero-order valence-corrected chi connectivity index (χ0v) is 17.0. The third-order valence-corrected chi connectivity index (χ3v) is 5.88. The molecule has 1 amide bonds. The highest BCUT2D eigenvalue weighted by atomic mass is 16.5. The van der Waals surface area contributed by atoms with Crippen molar-refractivity contribution in [2.24, 2.45) is 10.9 Å². The van der Waals surface area contributed by atoms with Gasteiger partial charge in [-0.3, -0.25) is 14.7 Å². The van der Waals surface area contributed by atoms with Gasteiger partial charge in [-0.25, -0.2) is 0 Å². The maximum absolute atomic E-state index is 12.4. The lowest BCUT2D eigenvalue weighted by Gasteiger charge is -2.38. The molecule has 154 valence electrons. The van der Waals surface area contributed by atoms with Crippen molar-refractivity contribution in [1.29, 1.82) is 0 Å². The highest BCUT2D eigenvalue weighted by molar-refractivity contribution is 5.80. The molecular weight excluding hydrogens is 344 g/mol. The SMILES string of the molecule is CN=C(NCC1CCCN(C)C1)N1CCN(CC(=O)N2CCOCC2)CC1. The zero-order chi connectivity index (χ0) is 19.1. The van der Waals surface area contributed by atoms with Crippen LogP contribution in [0, 0.1) is 5.92 Å². The summed E-state index contributed by atoms with van der Waals surface area (Å²) in [4.78, 5) is 25.8. The first-order valence-corrected chi connectivity index (χ1v) is 10.4. The van der Waals surface area contributed by atoms with Crippen molar-refractivity contribution in [2.45, 2.75) is 12.8 Å². The van der Waals surface area contributed by atoms with Crippen LogP contribution in [0.5, 0.6) is 0 Å². The Bertz CT molecular complexity index is 500. The number of rotatable bonds is 4. The van der Waals surface area contributed by atoms with Crippen molar-refractivity contribution in [1.82, 2.24) is 24.9 Å². The second-order valence-electron chi connectivity index (χ2n) is 7.95. The van der Waals surface area contributed by atoms with Gasteiger partial charge < -0.3 is 24.8 Å². The zero-order valence-electron chi connectivity index (χ0n) is 17.0. The smallest absolute Gasteiger partial charge is 0.236 e. The van der Waals surface area contributed by atoms with E-state index in [2.05, 4.69) is 32.1 Å². The molecular formula is C19H36N6O2. The van der Waals surface area contributed by atoms with Gasteiger partial charge in [-0.15, -0.1) is 0 Å². The Hall–Kier alpha value is -1.38. The molecule has 3 saturated heterocycles. The number of morpholine rings is 1. The fourth-order valence-electron chi connectivity index (χ4n) is 4.23. The number of nitrogens with one attached hydrogen (secondary N) is 1. The lowest BCUT2D eigenvalue weighted by molar-refractivity contribution is -0.136. The van der Waals surface area contributed by atoms with Crippen LogP contribution in [0.2, 0.25) is 0 Å². The summed E-state index contributed by atoms with van der Waals surface area (Å²) in [6, 6.07) is 0. The Labute approximate surface area is 163 Å². The van der Waals surface area contributed by atoms with Gasteiger partial charge in [0.2, 0.25) is 5.91 Å². The summed E-state index contributed by atoms with van der Waals surface area (Å²) in [5.41, 5.74) is 0. The molecule has 0 bridgehead atoms. The quantitative estimate of drug-likeness (QED) is 0.518. The van der Waals surface area contributed by atoms with Crippen molar-refractivity contribution in [3.05, 3.63) is 0 Å². The minimum atomic E-state index is 0.232. The number of hydrogen-bond donors (Lipinski definition) is 1. The third-order valence-electron chi connectivity index (χ3n) is 5.88. The minimum Gasteiger partial charge on any atom is -0.378 e. The summed E-state index contributed by atoms with van der Waals surface area (Å²) < 4.78 is 5.33. The molecule has 1 unspecified atom stereocenters. The molecule has 3 aliphatic rings. The first kappa shape index (κ1) is 20.4. The highest BCUT2D eigenvalue weighted by Crippen LogP contribution is 2.14. The van der Waals surface area contributed by atoms with E-state index in [1.165, 1.54) is 25.9 Å². The Kier molecular flexibility index (Phi) is 7.72. The van der Waals surface area contributed by atoms with E-state index in [4.69, 9.17) is 4.74 Å². The van der Waals surface area contributed by atoms with Crippen LogP contribution in [0.4, 0.5) is 0 Å². The second-order valence-corrected chi connectivity index (χ2v) is 7.95. The fourth-order valence-corrected chi connectivity index (χ4v) is 4.23. The molecule has 8 nitrogen and oxygen atoms in total. The first-order chi connectivity index (χ1) is 13.2. The van der Waals surface area contributed by atoms with Gasteiger partial charge in [0.05, 0.1) is 19.8 Å². The molecule has 3 fully saturated rings. The largest absolute Gasteiger partial charge is 0.378 e. The van der Waals surface area contributed by atoms with Crippen molar-refractivity contribution in [3.8, 4) is 0 Å². The maximum atomic E-state index is 12.4. The Morgan fingerprint density at radius 2 is 1.81 bits per heavy atom. The number of guanidine groups is 1. The summed E-state index contributed by atoms with van der Waals surface area (Å²) in [5, 5.41) is 3.58. The van der Waals surface area contributed by atoms with Crippen molar-refractivity contribution in [3.63, 3.8) is 0 Å². The fraction of sp³-hybridized carbons (Fsp3) is 0.895. The normalized spacial score (nSPS) is 26.3. The summed E-state index contributed by atoms with van der Waals surface area (Å²) in [6.07, 6.45) is 2.59. The molecule has 27 heavy (non-hydrogen) atoms. The number of amides is 1. The van der Waals surface area contributed by atoms with Crippen LogP contribution in [0.15, 0.2) is 4.99 Å². The summed E-state index contributed by atoms with van der Waals surface area (Å²) in [5.74, 6) is 1.94. The number of ether oxygens (including phenoxy) is 1. The minimum absolute atomic E-state index is 0.232. The van der Waals surface area contributed by atoms with Crippen molar-refractivity contribution in [2.75, 3.05) is 92.8 Å². The average molecular weight is 381 g/mol. The van der Waals surface area contributed by atoms with Gasteiger partial charge in [0.25, 0.3) is 0 Å². The summed E-state index contributed by atoms with van der Waals surface area (Å²) in [7, 11) is 4.07. The van der Waals surface area contributed by atoms with E-state index in [-0.39, 0.29) is 5.91 Å². The molecule has 0 spiro atoms. The van der Waals surface area contributed by atoms with Gasteiger partial charge in [0, 0.05) is 59.4 Å². The van der Waals surface area contributed by atoms with Crippen LogP contribution in [-0.2, 0) is 9.53 Å².